The summed E-state index contributed by atoms with van der Waals surface area (Å²) >= 11 is 0. The minimum absolute atomic E-state index is 0. The van der Waals surface area contributed by atoms with E-state index in [0.29, 0.717) is 0 Å². The van der Waals surface area contributed by atoms with E-state index in [4.69, 9.17) is 17.5 Å². The summed E-state index contributed by atoms with van der Waals surface area (Å²) in [5, 5.41) is 0. The van der Waals surface area contributed by atoms with Crippen molar-refractivity contribution < 1.29 is 36.4 Å². The smallest absolute Gasteiger partial charge is 0.343 e. The van der Waals surface area contributed by atoms with Crippen molar-refractivity contribution in [2.75, 3.05) is 0 Å². The second-order valence-electron chi connectivity index (χ2n) is 1.30. The van der Waals surface area contributed by atoms with Gasteiger partial charge >= 0.3 is 29.3 Å². The Kier molecular flexibility index (Phi) is 15.9. The minimum Gasteiger partial charge on any atom is -0.343 e. The molecule has 0 spiro atoms. The Morgan fingerprint density at radius 3 is 1.50 bits per heavy atom. The van der Waals surface area contributed by atoms with Crippen LogP contribution in [-0.2, 0) is 10.4 Å². The Bertz CT molecular complexity index is 120. The fourth-order valence-electron chi connectivity index (χ4n) is 0. The molecule has 0 amide bonds. The first-order chi connectivity index (χ1) is 3.91. The minimum atomic E-state index is -4.67. The van der Waals surface area contributed by atoms with Crippen LogP contribution in [0.2, 0.25) is 0 Å². The van der Waals surface area contributed by atoms with E-state index < -0.39 is 10.4 Å². The van der Waals surface area contributed by atoms with Crippen molar-refractivity contribution in [2.24, 2.45) is 0 Å². The summed E-state index contributed by atoms with van der Waals surface area (Å²) in [4.78, 5) is 0. The average molecular weight is 162 g/mol. The third kappa shape index (κ3) is 219. The largest absolute Gasteiger partial charge is 1.00 e. The molecule has 10 heavy (non-hydrogen) atoms. The average Bonchev–Trinajstić information content (AvgIpc) is 1.61. The van der Waals surface area contributed by atoms with Gasteiger partial charge in [0, 0.05) is 0 Å². The predicted molar refractivity (Wildman–Crippen MR) is 34.4 cm³/mol. The van der Waals surface area contributed by atoms with Crippen LogP contribution in [0, 0.1) is 6.92 Å². The van der Waals surface area contributed by atoms with E-state index in [9.17, 15) is 0 Å². The number of unbranched alkanes of at least 4 members (excludes halogenated alkanes) is 1. The molecular weight excluding hydrogens is 151 g/mol. The zero-order valence-corrected chi connectivity index (χ0v) is 7.06. The van der Waals surface area contributed by atoms with Crippen molar-refractivity contribution in [1.82, 2.24) is 0 Å². The summed E-state index contributed by atoms with van der Waals surface area (Å²) in [7, 11) is -4.67. The summed E-state index contributed by atoms with van der Waals surface area (Å²) in [6, 6.07) is 0. The quantitative estimate of drug-likeness (QED) is 0.265. The number of rotatable bonds is 1. The first-order valence-electron chi connectivity index (χ1n) is 2.41. The molecule has 0 aliphatic heterocycles. The molecule has 6 heteroatoms. The van der Waals surface area contributed by atoms with Crippen LogP contribution in [0.5, 0.6) is 0 Å². The Balaban J connectivity index is -0.0000000910. The second-order valence-corrected chi connectivity index (χ2v) is 2.20. The zero-order chi connectivity index (χ0) is 7.91. The first kappa shape index (κ1) is 16.8. The van der Waals surface area contributed by atoms with E-state index in [1.807, 2.05) is 0 Å². The van der Waals surface area contributed by atoms with Gasteiger partial charge in [0.1, 0.15) is 0 Å². The first-order valence-corrected chi connectivity index (χ1v) is 3.80. The van der Waals surface area contributed by atoms with Gasteiger partial charge in [-0.05, 0) is 0 Å². The molecule has 0 fully saturated rings. The van der Waals surface area contributed by atoms with Crippen LogP contribution in [0.25, 0.3) is 0 Å². The maximum Gasteiger partial charge on any atom is 1.00 e. The van der Waals surface area contributed by atoms with Crippen molar-refractivity contribution in [3.63, 3.8) is 0 Å². The molecule has 2 N–H and O–H groups in total. The van der Waals surface area contributed by atoms with E-state index in [2.05, 4.69) is 13.8 Å². The van der Waals surface area contributed by atoms with E-state index in [1.54, 1.807) is 0 Å². The van der Waals surface area contributed by atoms with Crippen molar-refractivity contribution >= 4 is 10.4 Å². The molecule has 4 nitrogen and oxygen atoms in total. The molecule has 0 aromatic rings. The Morgan fingerprint density at radius 1 is 1.40 bits per heavy atom. The molecule has 0 heterocycles. The summed E-state index contributed by atoms with van der Waals surface area (Å²) in [6.45, 7) is 5.72. The van der Waals surface area contributed by atoms with Crippen molar-refractivity contribution in [3.8, 4) is 0 Å². The molecule has 0 aromatic carbocycles. The van der Waals surface area contributed by atoms with Crippen molar-refractivity contribution in [1.29, 1.82) is 0 Å². The van der Waals surface area contributed by atoms with Gasteiger partial charge in [0.25, 0.3) is 0 Å². The fourth-order valence-corrected chi connectivity index (χ4v) is 0. The van der Waals surface area contributed by atoms with Crippen LogP contribution < -0.4 is 18.9 Å². The molecule has 0 unspecified atom stereocenters. The van der Waals surface area contributed by atoms with Crippen molar-refractivity contribution in [3.05, 3.63) is 6.92 Å². The molecule has 58 valence electrons. The fraction of sp³-hybridized carbons (Fsp3) is 0.750. The zero-order valence-electron chi connectivity index (χ0n) is 6.24. The monoisotopic (exact) mass is 162 g/mol. The van der Waals surface area contributed by atoms with Crippen LogP contribution in [0.1, 0.15) is 19.8 Å². The topological polar surface area (TPSA) is 74.6 Å². The van der Waals surface area contributed by atoms with Gasteiger partial charge in [-0.15, -0.1) is 0 Å². The van der Waals surface area contributed by atoms with E-state index in [0.717, 1.165) is 6.42 Å². The van der Waals surface area contributed by atoms with Crippen LogP contribution >= 0.6 is 0 Å². The summed E-state index contributed by atoms with van der Waals surface area (Å²) in [5.41, 5.74) is 0. The third-order valence-corrected chi connectivity index (χ3v) is 0.354. The standard InChI is InChI=1S/C4H9.Li.H2O4S/c1-3-4-2;;1-5(2,3)4/h1,3-4H2,2H3;;(H2,1,2,3,4)/q-1;+1;. The van der Waals surface area contributed by atoms with E-state index in [-0.39, 0.29) is 18.9 Å². The summed E-state index contributed by atoms with van der Waals surface area (Å²) in [6.07, 6.45) is 2.28. The Labute approximate surface area is 73.8 Å². The van der Waals surface area contributed by atoms with Gasteiger partial charge < -0.3 is 6.92 Å². The van der Waals surface area contributed by atoms with E-state index in [1.165, 1.54) is 6.42 Å². The van der Waals surface area contributed by atoms with E-state index >= 15 is 0 Å². The summed E-state index contributed by atoms with van der Waals surface area (Å²) in [5.74, 6) is 0. The van der Waals surface area contributed by atoms with Gasteiger partial charge in [0.05, 0.1) is 0 Å². The maximum absolute atomic E-state index is 8.74. The maximum atomic E-state index is 8.74. The van der Waals surface area contributed by atoms with Crippen molar-refractivity contribution in [2.45, 2.75) is 19.8 Å². The number of hydrogen-bond acceptors (Lipinski definition) is 2. The molecule has 0 radical (unpaired) electrons. The van der Waals surface area contributed by atoms with Crippen LogP contribution in [0.15, 0.2) is 0 Å². The predicted octanol–water partition coefficient (Wildman–Crippen LogP) is -2.03. The third-order valence-electron chi connectivity index (χ3n) is 0.354. The van der Waals surface area contributed by atoms with Gasteiger partial charge in [0.2, 0.25) is 0 Å². The summed E-state index contributed by atoms with van der Waals surface area (Å²) < 4.78 is 31.6. The van der Waals surface area contributed by atoms with Crippen LogP contribution in [0.4, 0.5) is 0 Å². The van der Waals surface area contributed by atoms with Gasteiger partial charge in [-0.2, -0.15) is 14.8 Å². The number of hydrogen-bond donors (Lipinski definition) is 2. The molecule has 0 saturated carbocycles. The Hall–Kier alpha value is 0.467. The molecule has 0 bridgehead atoms. The molecule has 0 atom stereocenters. The second kappa shape index (κ2) is 9.47. The SMILES string of the molecule is O=S(=O)(O)O.[CH2-]CCC.[Li+]. The van der Waals surface area contributed by atoms with Gasteiger partial charge in [0.15, 0.2) is 0 Å². The molecule has 0 aliphatic carbocycles. The van der Waals surface area contributed by atoms with Crippen LogP contribution in [0.3, 0.4) is 0 Å². The van der Waals surface area contributed by atoms with Gasteiger partial charge in [-0.1, -0.05) is 13.3 Å². The van der Waals surface area contributed by atoms with Gasteiger partial charge in [-0.3, -0.25) is 9.11 Å². The molecule has 0 saturated heterocycles. The molecular formula is C4H11LiO4S. The molecule has 0 aromatic heterocycles. The molecule has 0 aliphatic rings. The molecule has 0 rings (SSSR count). The van der Waals surface area contributed by atoms with Crippen LogP contribution in [-0.4, -0.2) is 17.5 Å². The normalized spacial score (nSPS) is 8.80. The Morgan fingerprint density at radius 2 is 1.50 bits per heavy atom. The van der Waals surface area contributed by atoms with Gasteiger partial charge in [-0.25, -0.2) is 0 Å².